The van der Waals surface area contributed by atoms with Crippen LogP contribution >= 0.6 is 0 Å². The normalized spacial score (nSPS) is 10.6. The summed E-state index contributed by atoms with van der Waals surface area (Å²) in [4.78, 5) is 35.1. The highest BCUT2D eigenvalue weighted by Gasteiger charge is 2.20. The van der Waals surface area contributed by atoms with Crippen molar-refractivity contribution in [2.75, 3.05) is 57.0 Å². The van der Waals surface area contributed by atoms with Crippen LogP contribution in [0, 0.1) is 15.9 Å². The number of carbonyl (C=O) groups excluding carboxylic acids is 2. The Bertz CT molecular complexity index is 1090. The number of hydrogen-bond acceptors (Lipinski definition) is 10. The lowest BCUT2D eigenvalue weighted by Crippen LogP contribution is -2.22. The second kappa shape index (κ2) is 17.7. The molecule has 0 fully saturated rings. The van der Waals surface area contributed by atoms with E-state index in [0.29, 0.717) is 19.5 Å². The summed E-state index contributed by atoms with van der Waals surface area (Å²) in [5.41, 5.74) is 5.30. The zero-order valence-corrected chi connectivity index (χ0v) is 22.1. The Morgan fingerprint density at radius 3 is 2.31 bits per heavy atom. The van der Waals surface area contributed by atoms with E-state index in [1.807, 2.05) is 0 Å². The fraction of sp³-hybridized carbons (Fsp3) is 0.462. The van der Waals surface area contributed by atoms with Gasteiger partial charge in [0.05, 0.1) is 34.5 Å². The van der Waals surface area contributed by atoms with E-state index in [9.17, 15) is 24.1 Å². The van der Waals surface area contributed by atoms with Gasteiger partial charge < -0.3 is 31.2 Å². The smallest absolute Gasteiger partial charge is 0.411 e. The first-order valence-corrected chi connectivity index (χ1v) is 12.8. The lowest BCUT2D eigenvalue weighted by Gasteiger charge is -2.14. The van der Waals surface area contributed by atoms with Gasteiger partial charge in [0.15, 0.2) is 0 Å². The molecule has 0 atom stereocenters. The van der Waals surface area contributed by atoms with Crippen molar-refractivity contribution in [3.63, 3.8) is 0 Å². The molecule has 0 saturated heterocycles. The highest BCUT2D eigenvalue weighted by Crippen LogP contribution is 2.26. The molecular formula is C26H37FN6O6. The Morgan fingerprint density at radius 2 is 1.64 bits per heavy atom. The maximum absolute atomic E-state index is 14.7. The summed E-state index contributed by atoms with van der Waals surface area (Å²) >= 11 is 0. The number of nitrogens with two attached hydrogens (primary N) is 1. The van der Waals surface area contributed by atoms with E-state index >= 15 is 0 Å². The van der Waals surface area contributed by atoms with Gasteiger partial charge in [-0.3, -0.25) is 15.4 Å². The molecule has 13 heteroatoms. The topological polar surface area (TPSA) is 170 Å². The first-order chi connectivity index (χ1) is 18.9. The summed E-state index contributed by atoms with van der Waals surface area (Å²) in [5, 5.41) is 23.2. The standard InChI is InChI=1S/C26H37FN6O6/c1-38-25(34)20-16-21(27)23(31-15-7-14-30-12-5-4-11-29-13-6-10-28)17-22(20)32-26(35)39-18-19-8-2-3-9-24(19)33(36)37/h2-3,8-9,16-17,29-31H,4-7,10-15,18,28H2,1H3,(H,32,35). The maximum Gasteiger partial charge on any atom is 0.411 e. The van der Waals surface area contributed by atoms with E-state index in [1.165, 1.54) is 24.3 Å². The summed E-state index contributed by atoms with van der Waals surface area (Å²) in [7, 11) is 1.13. The number of halogens is 1. The summed E-state index contributed by atoms with van der Waals surface area (Å²) in [6.07, 6.45) is 2.81. The molecule has 0 heterocycles. The molecule has 6 N–H and O–H groups in total. The second-order valence-electron chi connectivity index (χ2n) is 8.59. The Morgan fingerprint density at radius 1 is 0.974 bits per heavy atom. The van der Waals surface area contributed by atoms with Crippen LogP contribution in [0.3, 0.4) is 0 Å². The molecule has 2 rings (SSSR count). The molecule has 12 nitrogen and oxygen atoms in total. The number of amides is 1. The number of hydrogen-bond donors (Lipinski definition) is 5. The predicted octanol–water partition coefficient (Wildman–Crippen LogP) is 3.38. The predicted molar refractivity (Wildman–Crippen MR) is 146 cm³/mol. The zero-order chi connectivity index (χ0) is 28.5. The van der Waals surface area contributed by atoms with Gasteiger partial charge in [0.1, 0.15) is 12.4 Å². The number of para-hydroxylation sites is 1. The van der Waals surface area contributed by atoms with Crippen LogP contribution < -0.4 is 27.0 Å². The Labute approximate surface area is 227 Å². The van der Waals surface area contributed by atoms with Crippen molar-refractivity contribution in [2.24, 2.45) is 5.73 Å². The summed E-state index contributed by atoms with van der Waals surface area (Å²) in [6.45, 7) is 4.27. The van der Waals surface area contributed by atoms with Crippen molar-refractivity contribution in [1.29, 1.82) is 0 Å². The van der Waals surface area contributed by atoms with Crippen LogP contribution in [0.1, 0.15) is 41.6 Å². The number of nitro groups is 1. The molecule has 0 bridgehead atoms. The number of anilines is 2. The van der Waals surface area contributed by atoms with Crippen LogP contribution in [0.5, 0.6) is 0 Å². The number of rotatable bonds is 18. The number of methoxy groups -OCH3 is 1. The van der Waals surface area contributed by atoms with Gasteiger partial charge in [0.25, 0.3) is 5.69 Å². The summed E-state index contributed by atoms with van der Waals surface area (Å²) in [5.74, 6) is -1.54. The third-order valence-electron chi connectivity index (χ3n) is 5.66. The molecule has 214 valence electrons. The van der Waals surface area contributed by atoms with Gasteiger partial charge in [-0.2, -0.15) is 0 Å². The molecule has 0 spiro atoms. The molecule has 0 radical (unpaired) electrons. The third-order valence-corrected chi connectivity index (χ3v) is 5.66. The monoisotopic (exact) mass is 548 g/mol. The lowest BCUT2D eigenvalue weighted by molar-refractivity contribution is -0.385. The van der Waals surface area contributed by atoms with Crippen molar-refractivity contribution < 1.29 is 28.4 Å². The van der Waals surface area contributed by atoms with Crippen LogP contribution in [-0.2, 0) is 16.1 Å². The summed E-state index contributed by atoms with van der Waals surface area (Å²) in [6, 6.07) is 8.07. The van der Waals surface area contributed by atoms with Crippen molar-refractivity contribution >= 4 is 29.1 Å². The number of nitrogens with one attached hydrogen (secondary N) is 4. The van der Waals surface area contributed by atoms with E-state index in [4.69, 9.17) is 15.2 Å². The molecular weight excluding hydrogens is 511 g/mol. The molecule has 0 saturated carbocycles. The largest absolute Gasteiger partial charge is 0.465 e. The Hall–Kier alpha value is -3.81. The third kappa shape index (κ3) is 11.2. The van der Waals surface area contributed by atoms with Crippen LogP contribution in [0.25, 0.3) is 0 Å². The quantitative estimate of drug-likeness (QED) is 0.0805. The molecule has 2 aromatic carbocycles. The molecule has 2 aromatic rings. The summed E-state index contributed by atoms with van der Waals surface area (Å²) < 4.78 is 24.5. The minimum atomic E-state index is -0.977. The average Bonchev–Trinajstić information content (AvgIpc) is 2.93. The number of benzene rings is 2. The van der Waals surface area contributed by atoms with Gasteiger partial charge in [-0.1, -0.05) is 12.1 Å². The van der Waals surface area contributed by atoms with E-state index in [0.717, 1.165) is 58.6 Å². The van der Waals surface area contributed by atoms with E-state index in [-0.39, 0.29) is 34.8 Å². The first kappa shape index (κ1) is 31.4. The van der Waals surface area contributed by atoms with Crippen LogP contribution in [0.4, 0.5) is 26.2 Å². The number of nitrogens with zero attached hydrogens (tertiary/aromatic N) is 1. The highest BCUT2D eigenvalue weighted by atomic mass is 19.1. The number of esters is 1. The van der Waals surface area contributed by atoms with Gasteiger partial charge >= 0.3 is 12.1 Å². The van der Waals surface area contributed by atoms with Gasteiger partial charge in [-0.25, -0.2) is 14.0 Å². The van der Waals surface area contributed by atoms with E-state index < -0.39 is 22.8 Å². The Kier molecular flexibility index (Phi) is 14.2. The van der Waals surface area contributed by atoms with Crippen molar-refractivity contribution in [1.82, 2.24) is 10.6 Å². The van der Waals surface area contributed by atoms with Crippen molar-refractivity contribution in [3.8, 4) is 0 Å². The molecule has 0 aliphatic heterocycles. The van der Waals surface area contributed by atoms with Crippen LogP contribution in [-0.4, -0.2) is 63.4 Å². The number of unbranched alkanes of at least 4 members (excludes halogenated alkanes) is 1. The Balaban J connectivity index is 1.87. The molecule has 39 heavy (non-hydrogen) atoms. The van der Waals surface area contributed by atoms with Gasteiger partial charge in [0, 0.05) is 12.6 Å². The molecule has 1 amide bonds. The minimum absolute atomic E-state index is 0.0310. The van der Waals surface area contributed by atoms with E-state index in [1.54, 1.807) is 6.07 Å². The lowest BCUT2D eigenvalue weighted by atomic mass is 10.1. The molecule has 0 unspecified atom stereocenters. The SMILES string of the molecule is COC(=O)c1cc(F)c(NCCCNCCCCNCCCN)cc1NC(=O)OCc1ccccc1[N+](=O)[O-]. The maximum atomic E-state index is 14.7. The van der Waals surface area contributed by atoms with Crippen molar-refractivity contribution in [3.05, 3.63) is 63.5 Å². The van der Waals surface area contributed by atoms with Crippen LogP contribution in [0.2, 0.25) is 0 Å². The fourth-order valence-electron chi connectivity index (χ4n) is 3.60. The fourth-order valence-corrected chi connectivity index (χ4v) is 3.60. The van der Waals surface area contributed by atoms with Crippen LogP contribution in [0.15, 0.2) is 36.4 Å². The molecule has 0 aliphatic rings. The zero-order valence-electron chi connectivity index (χ0n) is 22.1. The minimum Gasteiger partial charge on any atom is -0.465 e. The molecule has 0 aromatic heterocycles. The highest BCUT2D eigenvalue weighted by molar-refractivity contribution is 6.00. The number of carbonyl (C=O) groups is 2. The van der Waals surface area contributed by atoms with Gasteiger partial charge in [-0.15, -0.1) is 0 Å². The van der Waals surface area contributed by atoms with E-state index in [2.05, 4.69) is 21.3 Å². The average molecular weight is 549 g/mol. The van der Waals surface area contributed by atoms with Gasteiger partial charge in [0.2, 0.25) is 0 Å². The molecule has 0 aliphatic carbocycles. The van der Waals surface area contributed by atoms with Gasteiger partial charge in [-0.05, 0) is 76.6 Å². The number of ether oxygens (including phenoxy) is 2. The second-order valence-corrected chi connectivity index (χ2v) is 8.59. The number of nitro benzene ring substituents is 1. The first-order valence-electron chi connectivity index (χ1n) is 12.8. The van der Waals surface area contributed by atoms with Crippen molar-refractivity contribution in [2.45, 2.75) is 32.3 Å².